The number of hydrogen-bond donors (Lipinski definition) is 3. The molecule has 0 spiro atoms. The number of aromatic nitrogens is 6. The van der Waals surface area contributed by atoms with Crippen molar-refractivity contribution in [2.45, 2.75) is 38.5 Å². The lowest BCUT2D eigenvalue weighted by atomic mass is 9.85. The smallest absolute Gasteiger partial charge is 0.227 e. The highest BCUT2D eigenvalue weighted by Gasteiger charge is 2.25. The summed E-state index contributed by atoms with van der Waals surface area (Å²) in [5.74, 6) is 0.199. The molecule has 2 aliphatic rings. The number of amides is 1. The van der Waals surface area contributed by atoms with E-state index >= 15 is 0 Å². The van der Waals surface area contributed by atoms with Crippen molar-refractivity contribution in [3.8, 4) is 22.5 Å². The van der Waals surface area contributed by atoms with E-state index in [1.807, 2.05) is 18.5 Å². The first-order valence-electron chi connectivity index (χ1n) is 13.1. The van der Waals surface area contributed by atoms with Gasteiger partial charge in [0.05, 0.1) is 46.9 Å². The number of hydrogen-bond acceptors (Lipinski definition) is 6. The fourth-order valence-corrected chi connectivity index (χ4v) is 5.40. The van der Waals surface area contributed by atoms with Crippen molar-refractivity contribution in [1.29, 1.82) is 0 Å². The monoisotopic (exact) mass is 492 g/mol. The molecule has 1 amide bonds. The van der Waals surface area contributed by atoms with Crippen molar-refractivity contribution in [3.63, 3.8) is 0 Å². The highest BCUT2D eigenvalue weighted by atomic mass is 16.1. The number of nitrogens with zero attached hydrogens (tertiary/aromatic N) is 5. The molecule has 0 atom stereocenters. The largest absolute Gasteiger partial charge is 0.370 e. The van der Waals surface area contributed by atoms with Crippen LogP contribution in [0.15, 0.2) is 49.2 Å². The standard InChI is InChI=1S/C28H28N8O/c37-28(17-5-4-6-17)32-20-9-18(12-29-14-20)19-10-22-26(34-35-27(22)31-13-19)23-11-21-24(33-23)15-30-16-25(21)36-7-2-1-3-8-36/h9-17,33H,1-8H2,(H,32,37)(H,31,34,35). The molecule has 1 aliphatic carbocycles. The van der Waals surface area contributed by atoms with Crippen molar-refractivity contribution in [2.24, 2.45) is 5.92 Å². The van der Waals surface area contributed by atoms with Crippen molar-refractivity contribution < 1.29 is 4.79 Å². The molecule has 2 fully saturated rings. The number of rotatable bonds is 5. The fraction of sp³-hybridized carbons (Fsp3) is 0.321. The number of carbonyl (C=O) groups excluding carboxylic acids is 1. The third-order valence-corrected chi connectivity index (χ3v) is 7.72. The molecule has 9 nitrogen and oxygen atoms in total. The van der Waals surface area contributed by atoms with Gasteiger partial charge in [-0.25, -0.2) is 4.98 Å². The van der Waals surface area contributed by atoms with Crippen LogP contribution in [0.3, 0.4) is 0 Å². The van der Waals surface area contributed by atoms with E-state index in [1.165, 1.54) is 24.9 Å². The van der Waals surface area contributed by atoms with E-state index in [-0.39, 0.29) is 11.8 Å². The van der Waals surface area contributed by atoms with Crippen LogP contribution in [0, 0.1) is 5.92 Å². The quantitative estimate of drug-likeness (QED) is 0.307. The highest BCUT2D eigenvalue weighted by Crippen LogP contribution is 2.35. The first-order chi connectivity index (χ1) is 18.2. The van der Waals surface area contributed by atoms with E-state index < -0.39 is 0 Å². The number of carbonyl (C=O) groups is 1. The molecule has 9 heteroatoms. The molecule has 0 radical (unpaired) electrons. The Labute approximate surface area is 213 Å². The number of aromatic amines is 2. The number of H-pyrrole nitrogens is 2. The minimum atomic E-state index is 0.0770. The van der Waals surface area contributed by atoms with Crippen LogP contribution in [0.4, 0.5) is 11.4 Å². The van der Waals surface area contributed by atoms with E-state index in [1.54, 1.807) is 18.6 Å². The van der Waals surface area contributed by atoms with Crippen LogP contribution in [0.2, 0.25) is 0 Å². The maximum atomic E-state index is 12.4. The van der Waals surface area contributed by atoms with Crippen LogP contribution >= 0.6 is 0 Å². The molecule has 0 bridgehead atoms. The zero-order valence-corrected chi connectivity index (χ0v) is 20.5. The predicted octanol–water partition coefficient (Wildman–Crippen LogP) is 5.29. The zero-order valence-electron chi connectivity index (χ0n) is 20.5. The van der Waals surface area contributed by atoms with Gasteiger partial charge in [-0.05, 0) is 50.3 Å². The molecule has 37 heavy (non-hydrogen) atoms. The Kier molecular flexibility index (Phi) is 5.34. The van der Waals surface area contributed by atoms with Crippen LogP contribution in [0.5, 0.6) is 0 Å². The summed E-state index contributed by atoms with van der Waals surface area (Å²) in [7, 11) is 0. The minimum Gasteiger partial charge on any atom is -0.370 e. The van der Waals surface area contributed by atoms with Gasteiger partial charge >= 0.3 is 0 Å². The van der Waals surface area contributed by atoms with Crippen molar-refractivity contribution >= 4 is 39.2 Å². The summed E-state index contributed by atoms with van der Waals surface area (Å²) in [4.78, 5) is 31.8. The Morgan fingerprint density at radius 1 is 0.892 bits per heavy atom. The molecule has 1 saturated carbocycles. The van der Waals surface area contributed by atoms with Gasteiger partial charge in [-0.2, -0.15) is 5.10 Å². The molecule has 5 aromatic rings. The Morgan fingerprint density at radius 2 is 1.73 bits per heavy atom. The molecule has 5 aromatic heterocycles. The molecule has 6 heterocycles. The second kappa shape index (κ2) is 8.99. The van der Waals surface area contributed by atoms with Gasteiger partial charge in [-0.1, -0.05) is 6.42 Å². The summed E-state index contributed by atoms with van der Waals surface area (Å²) < 4.78 is 0. The SMILES string of the molecule is O=C(Nc1cncc(-c2cnc3n[nH]c(-c4cc5c(N6CCCCC6)cncc5[nH]4)c3c2)c1)C1CCC1. The van der Waals surface area contributed by atoms with Crippen molar-refractivity contribution in [2.75, 3.05) is 23.3 Å². The average Bonchev–Trinajstić information content (AvgIpc) is 3.52. The fourth-order valence-electron chi connectivity index (χ4n) is 5.40. The Morgan fingerprint density at radius 3 is 2.57 bits per heavy atom. The second-order valence-electron chi connectivity index (χ2n) is 10.1. The van der Waals surface area contributed by atoms with E-state index in [0.29, 0.717) is 11.3 Å². The summed E-state index contributed by atoms with van der Waals surface area (Å²) >= 11 is 0. The van der Waals surface area contributed by atoms with Gasteiger partial charge in [-0.3, -0.25) is 19.9 Å². The van der Waals surface area contributed by atoms with Gasteiger partial charge in [0, 0.05) is 53.3 Å². The maximum absolute atomic E-state index is 12.4. The molecule has 7 rings (SSSR count). The molecule has 1 aliphatic heterocycles. The summed E-state index contributed by atoms with van der Waals surface area (Å²) in [5.41, 5.74) is 7.16. The Hall–Kier alpha value is -4.27. The van der Waals surface area contributed by atoms with Crippen LogP contribution in [0.1, 0.15) is 38.5 Å². The van der Waals surface area contributed by atoms with E-state index in [4.69, 9.17) is 0 Å². The van der Waals surface area contributed by atoms with Crippen LogP contribution < -0.4 is 10.2 Å². The number of piperidine rings is 1. The lowest BCUT2D eigenvalue weighted by Crippen LogP contribution is -2.29. The third-order valence-electron chi connectivity index (χ3n) is 7.72. The normalized spacial score (nSPS) is 16.3. The number of anilines is 2. The van der Waals surface area contributed by atoms with E-state index in [9.17, 15) is 4.79 Å². The van der Waals surface area contributed by atoms with Crippen molar-refractivity contribution in [1.82, 2.24) is 30.1 Å². The van der Waals surface area contributed by atoms with Crippen molar-refractivity contribution in [3.05, 3.63) is 49.2 Å². The Balaban J connectivity index is 1.23. The molecule has 186 valence electrons. The second-order valence-corrected chi connectivity index (χ2v) is 10.1. The predicted molar refractivity (Wildman–Crippen MR) is 144 cm³/mol. The van der Waals surface area contributed by atoms with Crippen LogP contribution in [-0.4, -0.2) is 49.1 Å². The summed E-state index contributed by atoms with van der Waals surface area (Å²) in [6.07, 6.45) is 15.9. The van der Waals surface area contributed by atoms with Gasteiger partial charge in [-0.15, -0.1) is 0 Å². The zero-order chi connectivity index (χ0) is 24.8. The first kappa shape index (κ1) is 22.0. The molecule has 1 saturated heterocycles. The van der Waals surface area contributed by atoms with Gasteiger partial charge in [0.15, 0.2) is 5.65 Å². The summed E-state index contributed by atoms with van der Waals surface area (Å²) in [5, 5.41) is 12.7. The number of pyridine rings is 3. The number of fused-ring (bicyclic) bond motifs is 2. The molecule has 0 unspecified atom stereocenters. The van der Waals surface area contributed by atoms with E-state index in [0.717, 1.165) is 71.2 Å². The van der Waals surface area contributed by atoms with Gasteiger partial charge in [0.1, 0.15) is 0 Å². The first-order valence-corrected chi connectivity index (χ1v) is 13.1. The van der Waals surface area contributed by atoms with Gasteiger partial charge in [0.25, 0.3) is 0 Å². The van der Waals surface area contributed by atoms with E-state index in [2.05, 4.69) is 52.5 Å². The highest BCUT2D eigenvalue weighted by molar-refractivity contribution is 6.00. The molecular formula is C28H28N8O. The van der Waals surface area contributed by atoms with Gasteiger partial charge < -0.3 is 15.2 Å². The van der Waals surface area contributed by atoms with Crippen LogP contribution in [-0.2, 0) is 4.79 Å². The maximum Gasteiger partial charge on any atom is 0.227 e. The van der Waals surface area contributed by atoms with Crippen LogP contribution in [0.25, 0.3) is 44.5 Å². The lowest BCUT2D eigenvalue weighted by Gasteiger charge is -2.28. The minimum absolute atomic E-state index is 0.0770. The number of nitrogens with one attached hydrogen (secondary N) is 3. The van der Waals surface area contributed by atoms with Gasteiger partial charge in [0.2, 0.25) is 5.91 Å². The summed E-state index contributed by atoms with van der Waals surface area (Å²) in [6, 6.07) is 6.20. The average molecular weight is 493 g/mol. The third kappa shape index (κ3) is 4.00. The topological polar surface area (TPSA) is 115 Å². The lowest BCUT2D eigenvalue weighted by molar-refractivity contribution is -0.122. The summed E-state index contributed by atoms with van der Waals surface area (Å²) in [6.45, 7) is 2.13. The molecule has 0 aromatic carbocycles. The Bertz CT molecular complexity index is 1610. The molecule has 3 N–H and O–H groups in total. The molecular weight excluding hydrogens is 464 g/mol.